The van der Waals surface area contributed by atoms with Crippen molar-refractivity contribution in [3.05, 3.63) is 29.5 Å². The van der Waals surface area contributed by atoms with Crippen molar-refractivity contribution in [2.75, 3.05) is 26.5 Å². The van der Waals surface area contributed by atoms with Gasteiger partial charge in [-0.05, 0) is 57.1 Å². The van der Waals surface area contributed by atoms with E-state index in [-0.39, 0.29) is 0 Å². The number of anilines is 1. The van der Waals surface area contributed by atoms with Crippen LogP contribution in [-0.4, -0.2) is 37.1 Å². The summed E-state index contributed by atoms with van der Waals surface area (Å²) in [5.74, 6) is 0. The number of hydrogen-bond donors (Lipinski definition) is 2. The number of aromatic nitrogens is 1. The maximum atomic E-state index is 3.58. The largest absolute Gasteiger partial charge is 0.388 e. The van der Waals surface area contributed by atoms with E-state index in [9.17, 15) is 0 Å². The number of rotatable bonds is 2. The first-order valence-corrected chi connectivity index (χ1v) is 6.66. The maximum absolute atomic E-state index is 3.58. The molecule has 0 aliphatic heterocycles. The van der Waals surface area contributed by atoms with Crippen LogP contribution >= 0.6 is 0 Å². The molecule has 1 aromatic carbocycles. The summed E-state index contributed by atoms with van der Waals surface area (Å²) in [7, 11) is 6.34. The minimum Gasteiger partial charge on any atom is -0.388 e. The van der Waals surface area contributed by atoms with Crippen LogP contribution in [0.3, 0.4) is 0 Å². The summed E-state index contributed by atoms with van der Waals surface area (Å²) >= 11 is 0. The van der Waals surface area contributed by atoms with Crippen LogP contribution in [-0.2, 0) is 12.8 Å². The molecule has 1 heterocycles. The van der Waals surface area contributed by atoms with Gasteiger partial charge >= 0.3 is 0 Å². The second-order valence-electron chi connectivity index (χ2n) is 5.45. The number of H-pyrrole nitrogens is 1. The predicted molar refractivity (Wildman–Crippen MR) is 77.3 cm³/mol. The topological polar surface area (TPSA) is 31.1 Å². The fraction of sp³-hybridized carbons (Fsp3) is 0.467. The monoisotopic (exact) mass is 243 g/mol. The molecule has 96 valence electrons. The van der Waals surface area contributed by atoms with Gasteiger partial charge in [0.25, 0.3) is 0 Å². The van der Waals surface area contributed by atoms with Gasteiger partial charge in [-0.2, -0.15) is 0 Å². The normalized spacial score (nSPS) is 19.2. The van der Waals surface area contributed by atoms with Crippen LogP contribution in [0.2, 0.25) is 0 Å². The van der Waals surface area contributed by atoms with Crippen LogP contribution in [0.25, 0.3) is 10.9 Å². The predicted octanol–water partition coefficient (Wildman–Crippen LogP) is 2.63. The Morgan fingerprint density at radius 1 is 1.33 bits per heavy atom. The second kappa shape index (κ2) is 4.32. The quantitative estimate of drug-likeness (QED) is 0.849. The Kier molecular flexibility index (Phi) is 2.78. The first-order chi connectivity index (χ1) is 8.69. The molecule has 0 saturated heterocycles. The number of aromatic amines is 1. The highest BCUT2D eigenvalue weighted by Crippen LogP contribution is 2.31. The van der Waals surface area contributed by atoms with E-state index in [0.29, 0.717) is 6.04 Å². The van der Waals surface area contributed by atoms with E-state index in [2.05, 4.69) is 47.5 Å². The van der Waals surface area contributed by atoms with Crippen molar-refractivity contribution in [1.29, 1.82) is 0 Å². The number of aryl methyl sites for hydroxylation is 1. The van der Waals surface area contributed by atoms with Crippen molar-refractivity contribution in [2.45, 2.75) is 25.3 Å². The second-order valence-corrected chi connectivity index (χ2v) is 5.45. The first kappa shape index (κ1) is 11.6. The summed E-state index contributed by atoms with van der Waals surface area (Å²) in [5, 5.41) is 4.62. The lowest BCUT2D eigenvalue weighted by molar-refractivity contribution is 0.268. The van der Waals surface area contributed by atoms with Crippen molar-refractivity contribution in [3.63, 3.8) is 0 Å². The van der Waals surface area contributed by atoms with Crippen LogP contribution < -0.4 is 5.32 Å². The van der Waals surface area contributed by atoms with E-state index in [1.807, 2.05) is 7.05 Å². The molecular weight excluding hydrogens is 222 g/mol. The molecular formula is C15H21N3. The minimum atomic E-state index is 0.676. The Morgan fingerprint density at radius 2 is 2.17 bits per heavy atom. The molecule has 0 spiro atoms. The van der Waals surface area contributed by atoms with Gasteiger partial charge in [0.05, 0.1) is 0 Å². The molecule has 1 unspecified atom stereocenters. The standard InChI is InChI=1S/C15H21N3/c1-16-10-4-6-14-12(8-10)13-9-11(18(2)3)5-7-15(13)17-14/h4,6,8,11,16-17H,5,7,9H2,1-3H3. The number of hydrogen-bond acceptors (Lipinski definition) is 2. The van der Waals surface area contributed by atoms with Gasteiger partial charge in [0.2, 0.25) is 0 Å². The molecule has 0 saturated carbocycles. The molecule has 3 heteroatoms. The fourth-order valence-corrected chi connectivity index (χ4v) is 2.99. The van der Waals surface area contributed by atoms with Crippen LogP contribution in [0.5, 0.6) is 0 Å². The summed E-state index contributed by atoms with van der Waals surface area (Å²) in [4.78, 5) is 5.93. The molecule has 1 aliphatic rings. The number of benzene rings is 1. The lowest BCUT2D eigenvalue weighted by atomic mass is 9.91. The maximum Gasteiger partial charge on any atom is 0.0460 e. The van der Waals surface area contributed by atoms with Gasteiger partial charge in [-0.25, -0.2) is 0 Å². The van der Waals surface area contributed by atoms with Gasteiger partial charge in [0.1, 0.15) is 0 Å². The summed E-state index contributed by atoms with van der Waals surface area (Å²) in [6.07, 6.45) is 3.59. The molecule has 0 amide bonds. The number of nitrogens with one attached hydrogen (secondary N) is 2. The van der Waals surface area contributed by atoms with Crippen LogP contribution in [0.15, 0.2) is 18.2 Å². The lowest BCUT2D eigenvalue weighted by Gasteiger charge is -2.28. The van der Waals surface area contributed by atoms with Crippen molar-refractivity contribution in [1.82, 2.24) is 9.88 Å². The number of fused-ring (bicyclic) bond motifs is 3. The number of likely N-dealkylation sites (N-methyl/N-ethyl adjacent to an activating group) is 1. The smallest absolute Gasteiger partial charge is 0.0460 e. The molecule has 1 aliphatic carbocycles. The van der Waals surface area contributed by atoms with E-state index in [0.717, 1.165) is 6.42 Å². The van der Waals surface area contributed by atoms with E-state index in [1.165, 1.54) is 40.7 Å². The van der Waals surface area contributed by atoms with Crippen LogP contribution in [0.1, 0.15) is 17.7 Å². The average molecular weight is 243 g/mol. The highest BCUT2D eigenvalue weighted by molar-refractivity contribution is 5.88. The molecule has 2 N–H and O–H groups in total. The van der Waals surface area contributed by atoms with Crippen molar-refractivity contribution in [3.8, 4) is 0 Å². The molecule has 2 aromatic rings. The third-order valence-corrected chi connectivity index (χ3v) is 4.18. The van der Waals surface area contributed by atoms with Crippen molar-refractivity contribution < 1.29 is 0 Å². The molecule has 18 heavy (non-hydrogen) atoms. The van der Waals surface area contributed by atoms with Crippen molar-refractivity contribution >= 4 is 16.6 Å². The zero-order valence-electron chi connectivity index (χ0n) is 11.4. The van der Waals surface area contributed by atoms with E-state index in [4.69, 9.17) is 0 Å². The summed E-state index contributed by atoms with van der Waals surface area (Å²) in [5.41, 5.74) is 5.43. The Balaban J connectivity index is 2.08. The molecule has 3 nitrogen and oxygen atoms in total. The fourth-order valence-electron chi connectivity index (χ4n) is 2.99. The molecule has 1 aromatic heterocycles. The summed E-state index contributed by atoms with van der Waals surface area (Å²) in [6.45, 7) is 0. The molecule has 3 rings (SSSR count). The highest BCUT2D eigenvalue weighted by Gasteiger charge is 2.23. The zero-order chi connectivity index (χ0) is 12.7. The van der Waals surface area contributed by atoms with Gasteiger partial charge in [-0.15, -0.1) is 0 Å². The van der Waals surface area contributed by atoms with Gasteiger partial charge in [0, 0.05) is 35.4 Å². The first-order valence-electron chi connectivity index (χ1n) is 6.66. The molecule has 0 bridgehead atoms. The van der Waals surface area contributed by atoms with Gasteiger partial charge in [-0.3, -0.25) is 0 Å². The number of nitrogens with zero attached hydrogens (tertiary/aromatic N) is 1. The Bertz CT molecular complexity index is 568. The lowest BCUT2D eigenvalue weighted by Crippen LogP contribution is -2.33. The van der Waals surface area contributed by atoms with Crippen LogP contribution in [0, 0.1) is 0 Å². The summed E-state index contributed by atoms with van der Waals surface area (Å²) in [6, 6.07) is 7.26. The third-order valence-electron chi connectivity index (χ3n) is 4.18. The zero-order valence-corrected chi connectivity index (χ0v) is 11.4. The van der Waals surface area contributed by atoms with Crippen LogP contribution in [0.4, 0.5) is 5.69 Å². The Morgan fingerprint density at radius 3 is 2.89 bits per heavy atom. The Labute approximate surface area is 108 Å². The van der Waals surface area contributed by atoms with E-state index in [1.54, 1.807) is 0 Å². The van der Waals surface area contributed by atoms with E-state index < -0.39 is 0 Å². The van der Waals surface area contributed by atoms with Crippen molar-refractivity contribution in [2.24, 2.45) is 0 Å². The summed E-state index contributed by atoms with van der Waals surface area (Å²) < 4.78 is 0. The minimum absolute atomic E-state index is 0.676. The van der Waals surface area contributed by atoms with E-state index >= 15 is 0 Å². The Hall–Kier alpha value is -1.48. The van der Waals surface area contributed by atoms with Gasteiger partial charge in [0.15, 0.2) is 0 Å². The third kappa shape index (κ3) is 1.79. The molecule has 0 radical (unpaired) electrons. The van der Waals surface area contributed by atoms with Gasteiger partial charge in [-0.1, -0.05) is 0 Å². The average Bonchev–Trinajstić information content (AvgIpc) is 2.75. The molecule has 1 atom stereocenters. The SMILES string of the molecule is CNc1ccc2[nH]c3c(c2c1)CC(N(C)C)CC3. The highest BCUT2D eigenvalue weighted by atomic mass is 15.1. The molecule has 0 fully saturated rings. The van der Waals surface area contributed by atoms with Gasteiger partial charge < -0.3 is 15.2 Å².